The van der Waals surface area contributed by atoms with Crippen LogP contribution in [0.5, 0.6) is 0 Å². The molecular formula is C7H15NO2. The summed E-state index contributed by atoms with van der Waals surface area (Å²) in [5, 5.41) is 0. The maximum Gasteiger partial charge on any atom is 0.121 e. The Kier molecular flexibility index (Phi) is 6.43. The Labute approximate surface area is 62.0 Å². The SMILES string of the molecule is COCCN(C)CCC=O. The molecule has 0 unspecified atom stereocenters. The molecule has 10 heavy (non-hydrogen) atoms. The number of ether oxygens (including phenoxy) is 1. The zero-order valence-corrected chi connectivity index (χ0v) is 6.67. The summed E-state index contributed by atoms with van der Waals surface area (Å²) in [7, 11) is 3.65. The average Bonchev–Trinajstić information content (AvgIpc) is 1.97. The molecule has 0 aromatic heterocycles. The van der Waals surface area contributed by atoms with E-state index in [-0.39, 0.29) is 0 Å². The van der Waals surface area contributed by atoms with Crippen LogP contribution in [0.3, 0.4) is 0 Å². The first-order valence-corrected chi connectivity index (χ1v) is 3.42. The van der Waals surface area contributed by atoms with Crippen LogP contribution in [-0.2, 0) is 9.53 Å². The van der Waals surface area contributed by atoms with E-state index in [9.17, 15) is 4.79 Å². The van der Waals surface area contributed by atoms with Gasteiger partial charge in [-0.05, 0) is 7.05 Å². The summed E-state index contributed by atoms with van der Waals surface area (Å²) < 4.78 is 4.86. The number of hydrogen-bond donors (Lipinski definition) is 0. The standard InChI is InChI=1S/C7H15NO2/c1-8(4-3-6-9)5-7-10-2/h6H,3-5,7H2,1-2H3. The number of aldehydes is 1. The van der Waals surface area contributed by atoms with E-state index in [2.05, 4.69) is 4.90 Å². The van der Waals surface area contributed by atoms with E-state index < -0.39 is 0 Å². The van der Waals surface area contributed by atoms with Crippen molar-refractivity contribution in [3.05, 3.63) is 0 Å². The fourth-order valence-corrected chi connectivity index (χ4v) is 0.632. The summed E-state index contributed by atoms with van der Waals surface area (Å²) in [4.78, 5) is 12.0. The van der Waals surface area contributed by atoms with Crippen molar-refractivity contribution in [2.75, 3.05) is 33.9 Å². The van der Waals surface area contributed by atoms with Gasteiger partial charge in [-0.1, -0.05) is 0 Å². The fourth-order valence-electron chi connectivity index (χ4n) is 0.632. The zero-order chi connectivity index (χ0) is 7.82. The number of carbonyl (C=O) groups is 1. The van der Waals surface area contributed by atoms with Crippen LogP contribution < -0.4 is 0 Å². The molecule has 0 aromatic carbocycles. The van der Waals surface area contributed by atoms with Crippen LogP contribution in [0.25, 0.3) is 0 Å². The number of likely N-dealkylation sites (N-methyl/N-ethyl adjacent to an activating group) is 1. The smallest absolute Gasteiger partial charge is 0.121 e. The van der Waals surface area contributed by atoms with Crippen molar-refractivity contribution >= 4 is 6.29 Å². The molecule has 0 aliphatic heterocycles. The van der Waals surface area contributed by atoms with E-state index in [1.165, 1.54) is 0 Å². The molecule has 0 radical (unpaired) electrons. The van der Waals surface area contributed by atoms with Crippen LogP contribution in [0.4, 0.5) is 0 Å². The molecule has 0 saturated carbocycles. The lowest BCUT2D eigenvalue weighted by Crippen LogP contribution is -2.24. The normalized spacial score (nSPS) is 10.3. The summed E-state index contributed by atoms with van der Waals surface area (Å²) in [6, 6.07) is 0. The summed E-state index contributed by atoms with van der Waals surface area (Å²) in [6.45, 7) is 2.45. The number of methoxy groups -OCH3 is 1. The Balaban J connectivity index is 3.07. The van der Waals surface area contributed by atoms with Gasteiger partial charge in [0.2, 0.25) is 0 Å². The van der Waals surface area contributed by atoms with Gasteiger partial charge in [0.15, 0.2) is 0 Å². The van der Waals surface area contributed by atoms with Gasteiger partial charge in [-0.15, -0.1) is 0 Å². The second-order valence-electron chi connectivity index (χ2n) is 2.25. The summed E-state index contributed by atoms with van der Waals surface area (Å²) in [6.07, 6.45) is 1.55. The van der Waals surface area contributed by atoms with E-state index in [0.717, 1.165) is 26.0 Å². The largest absolute Gasteiger partial charge is 0.383 e. The molecule has 0 heterocycles. The lowest BCUT2D eigenvalue weighted by atomic mass is 10.4. The highest BCUT2D eigenvalue weighted by atomic mass is 16.5. The van der Waals surface area contributed by atoms with Crippen molar-refractivity contribution in [1.82, 2.24) is 4.90 Å². The van der Waals surface area contributed by atoms with Crippen molar-refractivity contribution in [2.24, 2.45) is 0 Å². The minimum absolute atomic E-state index is 0.611. The Morgan fingerprint density at radius 2 is 2.20 bits per heavy atom. The molecule has 60 valence electrons. The predicted octanol–water partition coefficient (Wildman–Crippen LogP) is 0.154. The second kappa shape index (κ2) is 6.71. The van der Waals surface area contributed by atoms with Crippen molar-refractivity contribution in [1.29, 1.82) is 0 Å². The van der Waals surface area contributed by atoms with Crippen LogP contribution in [0.15, 0.2) is 0 Å². The Hall–Kier alpha value is -0.410. The first-order chi connectivity index (χ1) is 4.81. The number of hydrogen-bond acceptors (Lipinski definition) is 3. The molecule has 0 rings (SSSR count). The van der Waals surface area contributed by atoms with Gasteiger partial charge >= 0.3 is 0 Å². The number of nitrogens with zero attached hydrogens (tertiary/aromatic N) is 1. The Morgan fingerprint density at radius 1 is 1.50 bits per heavy atom. The van der Waals surface area contributed by atoms with Crippen molar-refractivity contribution in [3.8, 4) is 0 Å². The van der Waals surface area contributed by atoms with Crippen molar-refractivity contribution in [3.63, 3.8) is 0 Å². The van der Waals surface area contributed by atoms with Gasteiger partial charge in [-0.3, -0.25) is 0 Å². The zero-order valence-electron chi connectivity index (χ0n) is 6.67. The first-order valence-electron chi connectivity index (χ1n) is 3.42. The molecule has 3 heteroatoms. The summed E-state index contributed by atoms with van der Waals surface area (Å²) in [5.74, 6) is 0. The summed E-state index contributed by atoms with van der Waals surface area (Å²) >= 11 is 0. The van der Waals surface area contributed by atoms with Crippen molar-refractivity contribution < 1.29 is 9.53 Å². The molecule has 0 N–H and O–H groups in total. The highest BCUT2D eigenvalue weighted by molar-refractivity contribution is 5.49. The van der Waals surface area contributed by atoms with Gasteiger partial charge < -0.3 is 14.4 Å². The molecule has 0 fully saturated rings. The van der Waals surface area contributed by atoms with E-state index in [4.69, 9.17) is 4.74 Å². The topological polar surface area (TPSA) is 29.5 Å². The van der Waals surface area contributed by atoms with E-state index in [0.29, 0.717) is 6.42 Å². The van der Waals surface area contributed by atoms with Crippen LogP contribution in [0.1, 0.15) is 6.42 Å². The minimum Gasteiger partial charge on any atom is -0.383 e. The molecule has 0 saturated heterocycles. The minimum atomic E-state index is 0.611. The van der Waals surface area contributed by atoms with Gasteiger partial charge in [0.1, 0.15) is 6.29 Å². The van der Waals surface area contributed by atoms with Crippen molar-refractivity contribution in [2.45, 2.75) is 6.42 Å². The predicted molar refractivity (Wildman–Crippen MR) is 40.1 cm³/mol. The van der Waals surface area contributed by atoms with Crippen LogP contribution in [0, 0.1) is 0 Å². The first kappa shape index (κ1) is 9.59. The van der Waals surface area contributed by atoms with E-state index in [1.807, 2.05) is 7.05 Å². The fraction of sp³-hybridized carbons (Fsp3) is 0.857. The molecule has 0 spiro atoms. The quantitative estimate of drug-likeness (QED) is 0.498. The summed E-state index contributed by atoms with van der Waals surface area (Å²) in [5.41, 5.74) is 0. The highest BCUT2D eigenvalue weighted by Gasteiger charge is 1.94. The third-order valence-corrected chi connectivity index (χ3v) is 1.31. The van der Waals surface area contributed by atoms with E-state index >= 15 is 0 Å². The molecule has 0 atom stereocenters. The molecule has 3 nitrogen and oxygen atoms in total. The highest BCUT2D eigenvalue weighted by Crippen LogP contribution is 1.83. The number of carbonyl (C=O) groups excluding carboxylic acids is 1. The average molecular weight is 145 g/mol. The maximum absolute atomic E-state index is 9.93. The lowest BCUT2D eigenvalue weighted by molar-refractivity contribution is -0.108. The third-order valence-electron chi connectivity index (χ3n) is 1.31. The molecule has 0 aromatic rings. The van der Waals surface area contributed by atoms with Gasteiger partial charge in [-0.25, -0.2) is 0 Å². The Bertz CT molecular complexity index is 85.7. The van der Waals surface area contributed by atoms with Gasteiger partial charge in [0.05, 0.1) is 6.61 Å². The molecular weight excluding hydrogens is 130 g/mol. The lowest BCUT2D eigenvalue weighted by Gasteiger charge is -2.13. The second-order valence-corrected chi connectivity index (χ2v) is 2.25. The molecule has 0 aliphatic carbocycles. The number of rotatable bonds is 6. The Morgan fingerprint density at radius 3 is 2.70 bits per heavy atom. The van der Waals surface area contributed by atoms with Gasteiger partial charge in [0.25, 0.3) is 0 Å². The molecule has 0 amide bonds. The van der Waals surface area contributed by atoms with E-state index in [1.54, 1.807) is 7.11 Å². The van der Waals surface area contributed by atoms with Crippen LogP contribution >= 0.6 is 0 Å². The van der Waals surface area contributed by atoms with Gasteiger partial charge in [0, 0.05) is 26.6 Å². The monoisotopic (exact) mass is 145 g/mol. The van der Waals surface area contributed by atoms with Crippen LogP contribution in [-0.4, -0.2) is 45.0 Å². The van der Waals surface area contributed by atoms with Gasteiger partial charge in [-0.2, -0.15) is 0 Å². The molecule has 0 bridgehead atoms. The molecule has 0 aliphatic rings. The van der Waals surface area contributed by atoms with Crippen LogP contribution in [0.2, 0.25) is 0 Å². The third kappa shape index (κ3) is 5.72. The maximum atomic E-state index is 9.93.